The Hall–Kier alpha value is -1.12. The molecule has 1 atom stereocenters. The number of halogens is 2. The molecule has 0 aromatic heterocycles. The molecule has 0 saturated heterocycles. The first kappa shape index (κ1) is 8.48. The Morgan fingerprint density at radius 1 is 1.38 bits per heavy atom. The number of hydrogen-bond acceptors (Lipinski definition) is 1. The van der Waals surface area contributed by atoms with Crippen LogP contribution in [0.1, 0.15) is 24.8 Å². The predicted octanol–water partition coefficient (Wildman–Crippen LogP) is 2.85. The summed E-state index contributed by atoms with van der Waals surface area (Å²) < 4.78 is 31.0. The van der Waals surface area contributed by atoms with Gasteiger partial charge in [-0.1, -0.05) is 13.0 Å². The molecule has 2 rings (SSSR count). The lowest BCUT2D eigenvalue weighted by molar-refractivity contribution is 0.253. The average Bonchev–Trinajstić information content (AvgIpc) is 2.12. The van der Waals surface area contributed by atoms with Gasteiger partial charge in [-0.25, -0.2) is 4.39 Å². The van der Waals surface area contributed by atoms with Gasteiger partial charge in [-0.15, -0.1) is 0 Å². The second-order valence-electron chi connectivity index (χ2n) is 3.32. The third-order valence-electron chi connectivity index (χ3n) is 2.41. The summed E-state index contributed by atoms with van der Waals surface area (Å²) in [5.74, 6) is -1.35. The van der Waals surface area contributed by atoms with Crippen LogP contribution in [0.3, 0.4) is 0 Å². The van der Waals surface area contributed by atoms with E-state index in [0.29, 0.717) is 6.61 Å². The minimum Gasteiger partial charge on any atom is -0.490 e. The molecule has 1 aromatic rings. The van der Waals surface area contributed by atoms with E-state index in [1.807, 2.05) is 6.92 Å². The molecule has 1 nitrogen and oxygen atoms in total. The number of hydrogen-bond donors (Lipinski definition) is 0. The Morgan fingerprint density at radius 2 is 2.15 bits per heavy atom. The summed E-state index contributed by atoms with van der Waals surface area (Å²) in [5, 5.41) is 0. The van der Waals surface area contributed by atoms with E-state index in [2.05, 4.69) is 0 Å². The number of rotatable bonds is 0. The molecule has 0 aliphatic carbocycles. The van der Waals surface area contributed by atoms with Crippen LogP contribution >= 0.6 is 0 Å². The molecule has 70 valence electrons. The van der Waals surface area contributed by atoms with Crippen LogP contribution in [0.15, 0.2) is 12.1 Å². The Labute approximate surface area is 75.3 Å². The Bertz CT molecular complexity index is 336. The molecule has 1 aliphatic rings. The van der Waals surface area contributed by atoms with Crippen LogP contribution < -0.4 is 4.74 Å². The van der Waals surface area contributed by atoms with Crippen molar-refractivity contribution in [3.8, 4) is 5.75 Å². The lowest BCUT2D eigenvalue weighted by Crippen LogP contribution is -2.13. The van der Waals surface area contributed by atoms with Crippen molar-refractivity contribution in [1.29, 1.82) is 0 Å². The van der Waals surface area contributed by atoms with Crippen LogP contribution in [-0.2, 0) is 0 Å². The molecule has 0 fully saturated rings. The highest BCUT2D eigenvalue weighted by atomic mass is 19.2. The van der Waals surface area contributed by atoms with Crippen LogP contribution in [0, 0.1) is 11.6 Å². The van der Waals surface area contributed by atoms with Gasteiger partial charge in [-0.2, -0.15) is 4.39 Å². The van der Waals surface area contributed by atoms with Gasteiger partial charge in [0.25, 0.3) is 0 Å². The fourth-order valence-corrected chi connectivity index (χ4v) is 1.57. The average molecular weight is 184 g/mol. The van der Waals surface area contributed by atoms with E-state index >= 15 is 0 Å². The van der Waals surface area contributed by atoms with Crippen LogP contribution in [0.5, 0.6) is 5.75 Å². The largest absolute Gasteiger partial charge is 0.490 e. The molecule has 0 radical (unpaired) electrons. The normalized spacial score (nSPS) is 20.7. The first-order valence-corrected chi connectivity index (χ1v) is 4.31. The van der Waals surface area contributed by atoms with Crippen molar-refractivity contribution < 1.29 is 13.5 Å². The molecule has 3 heteroatoms. The molecule has 1 unspecified atom stereocenters. The van der Waals surface area contributed by atoms with Crippen LogP contribution in [0.25, 0.3) is 0 Å². The minimum atomic E-state index is -0.857. The van der Waals surface area contributed by atoms with E-state index in [9.17, 15) is 8.78 Å². The van der Waals surface area contributed by atoms with Crippen molar-refractivity contribution in [3.63, 3.8) is 0 Å². The molecule has 0 saturated carbocycles. The van der Waals surface area contributed by atoms with E-state index < -0.39 is 11.6 Å². The highest BCUT2D eigenvalue weighted by molar-refractivity contribution is 5.39. The van der Waals surface area contributed by atoms with E-state index in [1.54, 1.807) is 6.07 Å². The summed E-state index contributed by atoms with van der Waals surface area (Å²) in [7, 11) is 0. The molecule has 1 aromatic carbocycles. The highest BCUT2D eigenvalue weighted by Gasteiger charge is 2.22. The molecule has 1 aliphatic heterocycles. The SMILES string of the molecule is CC1CCOc2c1ccc(F)c2F. The summed E-state index contributed by atoms with van der Waals surface area (Å²) in [6.07, 6.45) is 0.859. The van der Waals surface area contributed by atoms with Gasteiger partial charge in [0.15, 0.2) is 11.6 Å². The summed E-state index contributed by atoms with van der Waals surface area (Å²) in [6.45, 7) is 2.45. The van der Waals surface area contributed by atoms with Crippen molar-refractivity contribution in [1.82, 2.24) is 0 Å². The van der Waals surface area contributed by atoms with Gasteiger partial charge in [0.2, 0.25) is 5.82 Å². The highest BCUT2D eigenvalue weighted by Crippen LogP contribution is 2.35. The Balaban J connectivity index is 2.56. The van der Waals surface area contributed by atoms with E-state index in [4.69, 9.17) is 4.74 Å². The van der Waals surface area contributed by atoms with Gasteiger partial charge >= 0.3 is 0 Å². The fourth-order valence-electron chi connectivity index (χ4n) is 1.57. The summed E-state index contributed by atoms with van der Waals surface area (Å²) in [6, 6.07) is 2.75. The molecule has 1 heterocycles. The zero-order valence-electron chi connectivity index (χ0n) is 7.31. The monoisotopic (exact) mass is 184 g/mol. The van der Waals surface area contributed by atoms with Crippen LogP contribution in [-0.4, -0.2) is 6.61 Å². The zero-order valence-corrected chi connectivity index (χ0v) is 7.31. The second kappa shape index (κ2) is 2.98. The maximum atomic E-state index is 13.2. The Kier molecular flexibility index (Phi) is 1.94. The van der Waals surface area contributed by atoms with Gasteiger partial charge in [0, 0.05) is 5.56 Å². The smallest absolute Gasteiger partial charge is 0.200 e. The van der Waals surface area contributed by atoms with Gasteiger partial charge < -0.3 is 4.74 Å². The zero-order chi connectivity index (χ0) is 9.42. The van der Waals surface area contributed by atoms with E-state index in [0.717, 1.165) is 18.1 Å². The van der Waals surface area contributed by atoms with Gasteiger partial charge in [0.05, 0.1) is 6.61 Å². The quantitative estimate of drug-likeness (QED) is 0.602. The summed E-state index contributed by atoms with van der Waals surface area (Å²) >= 11 is 0. The third-order valence-corrected chi connectivity index (χ3v) is 2.41. The van der Waals surface area contributed by atoms with Crippen molar-refractivity contribution in [3.05, 3.63) is 29.3 Å². The lowest BCUT2D eigenvalue weighted by atomic mass is 9.95. The van der Waals surface area contributed by atoms with Crippen molar-refractivity contribution in [2.45, 2.75) is 19.3 Å². The van der Waals surface area contributed by atoms with Crippen molar-refractivity contribution in [2.75, 3.05) is 6.61 Å². The van der Waals surface area contributed by atoms with Crippen molar-refractivity contribution >= 4 is 0 Å². The van der Waals surface area contributed by atoms with Crippen LogP contribution in [0.2, 0.25) is 0 Å². The number of ether oxygens (including phenoxy) is 1. The molecule has 13 heavy (non-hydrogen) atoms. The summed E-state index contributed by atoms with van der Waals surface area (Å²) in [4.78, 5) is 0. The molecular formula is C10H10F2O. The maximum absolute atomic E-state index is 13.2. The maximum Gasteiger partial charge on any atom is 0.200 e. The van der Waals surface area contributed by atoms with Gasteiger partial charge in [-0.05, 0) is 18.4 Å². The first-order chi connectivity index (χ1) is 6.20. The number of benzene rings is 1. The second-order valence-corrected chi connectivity index (χ2v) is 3.32. The van der Waals surface area contributed by atoms with Crippen molar-refractivity contribution in [2.24, 2.45) is 0 Å². The standard InChI is InChI=1S/C10H10F2O/c1-6-4-5-13-10-7(6)2-3-8(11)9(10)12/h2-3,6H,4-5H2,1H3. The topological polar surface area (TPSA) is 9.23 Å². The minimum absolute atomic E-state index is 0.0961. The van der Waals surface area contributed by atoms with Gasteiger partial charge in [0.1, 0.15) is 0 Å². The molecule has 0 bridgehead atoms. The first-order valence-electron chi connectivity index (χ1n) is 4.31. The molecule has 0 N–H and O–H groups in total. The molecular weight excluding hydrogens is 174 g/mol. The Morgan fingerprint density at radius 3 is 2.92 bits per heavy atom. The lowest BCUT2D eigenvalue weighted by Gasteiger charge is -2.23. The number of fused-ring (bicyclic) bond motifs is 1. The van der Waals surface area contributed by atoms with Crippen LogP contribution in [0.4, 0.5) is 8.78 Å². The fraction of sp³-hybridized carbons (Fsp3) is 0.400. The molecule has 0 amide bonds. The molecule has 0 spiro atoms. The van der Waals surface area contributed by atoms with Gasteiger partial charge in [-0.3, -0.25) is 0 Å². The van der Waals surface area contributed by atoms with E-state index in [-0.39, 0.29) is 11.7 Å². The third kappa shape index (κ3) is 1.28. The van der Waals surface area contributed by atoms with E-state index in [1.165, 1.54) is 0 Å². The summed E-state index contributed by atoms with van der Waals surface area (Å²) in [5.41, 5.74) is 0.769. The predicted molar refractivity (Wildman–Crippen MR) is 44.9 cm³/mol.